The van der Waals surface area contributed by atoms with Gasteiger partial charge in [0.15, 0.2) is 0 Å². The van der Waals surface area contributed by atoms with Crippen molar-refractivity contribution in [3.8, 4) is 0 Å². The molecule has 0 spiro atoms. The molecule has 0 aliphatic heterocycles. The van der Waals surface area contributed by atoms with Gasteiger partial charge in [-0.15, -0.1) is 0 Å². The summed E-state index contributed by atoms with van der Waals surface area (Å²) in [5.74, 6) is 0.846. The molecule has 1 aliphatic carbocycles. The summed E-state index contributed by atoms with van der Waals surface area (Å²) in [5.41, 5.74) is 1.34. The van der Waals surface area contributed by atoms with Crippen LogP contribution in [0.5, 0.6) is 0 Å². The monoisotopic (exact) mass is 238 g/mol. The van der Waals surface area contributed by atoms with Gasteiger partial charge in [0.2, 0.25) is 0 Å². The van der Waals surface area contributed by atoms with Crippen molar-refractivity contribution in [3.63, 3.8) is 0 Å². The van der Waals surface area contributed by atoms with E-state index in [1.807, 2.05) is 0 Å². The van der Waals surface area contributed by atoms with Crippen LogP contribution in [0.15, 0.2) is 12.2 Å². The van der Waals surface area contributed by atoms with E-state index in [-0.39, 0.29) is 0 Å². The molecule has 0 saturated heterocycles. The summed E-state index contributed by atoms with van der Waals surface area (Å²) in [7, 11) is 0. The lowest BCUT2D eigenvalue weighted by Gasteiger charge is -2.26. The second-order valence-corrected chi connectivity index (χ2v) is 5.42. The lowest BCUT2D eigenvalue weighted by atomic mass is 10.0. The molecule has 1 N–H and O–H groups in total. The van der Waals surface area contributed by atoms with Crippen LogP contribution in [0, 0.1) is 5.92 Å². The van der Waals surface area contributed by atoms with E-state index in [1.54, 1.807) is 0 Å². The van der Waals surface area contributed by atoms with Crippen LogP contribution in [0.4, 0.5) is 0 Å². The van der Waals surface area contributed by atoms with Crippen molar-refractivity contribution in [2.24, 2.45) is 5.92 Å². The van der Waals surface area contributed by atoms with Gasteiger partial charge in [-0.3, -0.25) is 4.90 Å². The first-order valence-electron chi connectivity index (χ1n) is 7.31. The third-order valence-corrected chi connectivity index (χ3v) is 3.78. The Hall–Kier alpha value is -0.340. The molecule has 17 heavy (non-hydrogen) atoms. The first-order valence-corrected chi connectivity index (χ1v) is 7.31. The van der Waals surface area contributed by atoms with Crippen molar-refractivity contribution in [2.45, 2.75) is 52.5 Å². The highest BCUT2D eigenvalue weighted by molar-refractivity contribution is 5.01. The number of rotatable bonds is 10. The minimum Gasteiger partial charge on any atom is -0.310 e. The van der Waals surface area contributed by atoms with E-state index in [0.717, 1.165) is 31.6 Å². The van der Waals surface area contributed by atoms with Gasteiger partial charge in [0.1, 0.15) is 0 Å². The maximum atomic E-state index is 4.20. The summed E-state index contributed by atoms with van der Waals surface area (Å²) in [4.78, 5) is 2.54. The van der Waals surface area contributed by atoms with Gasteiger partial charge in [0, 0.05) is 25.7 Å². The largest absolute Gasteiger partial charge is 0.310 e. The summed E-state index contributed by atoms with van der Waals surface area (Å²) in [6.07, 6.45) is 5.30. The highest BCUT2D eigenvalue weighted by Gasteiger charge is 2.20. The Kier molecular flexibility index (Phi) is 6.83. The van der Waals surface area contributed by atoms with Gasteiger partial charge in [0.25, 0.3) is 0 Å². The third-order valence-electron chi connectivity index (χ3n) is 3.78. The number of hydrogen-bond acceptors (Lipinski definition) is 2. The van der Waals surface area contributed by atoms with E-state index in [0.29, 0.717) is 0 Å². The fourth-order valence-corrected chi connectivity index (χ4v) is 2.17. The molecule has 1 saturated carbocycles. The molecule has 1 aliphatic rings. The van der Waals surface area contributed by atoms with Gasteiger partial charge in [0.05, 0.1) is 0 Å². The number of nitrogens with zero attached hydrogens (tertiary/aromatic N) is 1. The average molecular weight is 238 g/mol. The van der Waals surface area contributed by atoms with Crippen LogP contribution in [0.25, 0.3) is 0 Å². The fraction of sp³-hybridized carbons (Fsp3) is 0.867. The zero-order valence-corrected chi connectivity index (χ0v) is 12.0. The Balaban J connectivity index is 2.21. The normalized spacial score (nSPS) is 15.8. The summed E-state index contributed by atoms with van der Waals surface area (Å²) >= 11 is 0. The summed E-state index contributed by atoms with van der Waals surface area (Å²) in [6, 6.07) is 0.792. The average Bonchev–Trinajstić information content (AvgIpc) is 3.15. The maximum absolute atomic E-state index is 4.20. The molecular weight excluding hydrogens is 208 g/mol. The predicted octanol–water partition coefficient (Wildman–Crippen LogP) is 3.05. The van der Waals surface area contributed by atoms with Crippen molar-refractivity contribution >= 4 is 0 Å². The topological polar surface area (TPSA) is 15.3 Å². The van der Waals surface area contributed by atoms with Crippen LogP contribution < -0.4 is 5.32 Å². The number of nitrogens with one attached hydrogen (secondary N) is 1. The van der Waals surface area contributed by atoms with E-state index in [4.69, 9.17) is 0 Å². The molecule has 0 bridgehead atoms. The highest BCUT2D eigenvalue weighted by Crippen LogP contribution is 2.18. The van der Waals surface area contributed by atoms with Crippen molar-refractivity contribution in [2.75, 3.05) is 26.2 Å². The van der Waals surface area contributed by atoms with Crippen molar-refractivity contribution < 1.29 is 0 Å². The molecular formula is C15H30N2. The van der Waals surface area contributed by atoms with Gasteiger partial charge >= 0.3 is 0 Å². The molecule has 100 valence electrons. The maximum Gasteiger partial charge on any atom is 0.0202 e. The molecule has 0 aromatic carbocycles. The van der Waals surface area contributed by atoms with E-state index in [9.17, 15) is 0 Å². The van der Waals surface area contributed by atoms with Crippen LogP contribution in [-0.2, 0) is 0 Å². The first-order chi connectivity index (χ1) is 8.19. The van der Waals surface area contributed by atoms with Crippen LogP contribution in [0.1, 0.15) is 46.5 Å². The number of likely N-dealkylation sites (N-methyl/N-ethyl adjacent to an activating group) is 1. The third kappa shape index (κ3) is 6.23. The van der Waals surface area contributed by atoms with Crippen molar-refractivity contribution in [1.29, 1.82) is 0 Å². The Labute approximate surface area is 107 Å². The molecule has 0 aromatic heterocycles. The standard InChI is InChI=1S/C15H30N2/c1-5-14(6-2)12-17(7-3)11-13(4)10-16-15-8-9-15/h14-16H,4-12H2,1-3H3. The molecule has 0 atom stereocenters. The van der Waals surface area contributed by atoms with E-state index in [1.165, 1.54) is 37.8 Å². The molecule has 2 nitrogen and oxygen atoms in total. The van der Waals surface area contributed by atoms with Crippen molar-refractivity contribution in [1.82, 2.24) is 10.2 Å². The molecule has 2 heteroatoms. The fourth-order valence-electron chi connectivity index (χ4n) is 2.17. The van der Waals surface area contributed by atoms with Crippen LogP contribution in [-0.4, -0.2) is 37.1 Å². The van der Waals surface area contributed by atoms with Crippen LogP contribution in [0.3, 0.4) is 0 Å². The van der Waals surface area contributed by atoms with Crippen molar-refractivity contribution in [3.05, 3.63) is 12.2 Å². The molecule has 1 fully saturated rings. The molecule has 0 aromatic rings. The second kappa shape index (κ2) is 7.88. The summed E-state index contributed by atoms with van der Waals surface area (Å²) in [6.45, 7) is 15.5. The first kappa shape index (κ1) is 14.7. The quantitative estimate of drug-likeness (QED) is 0.589. The molecule has 0 radical (unpaired) electrons. The summed E-state index contributed by atoms with van der Waals surface area (Å²) in [5, 5.41) is 3.54. The SMILES string of the molecule is C=C(CNC1CC1)CN(CC)CC(CC)CC. The van der Waals surface area contributed by atoms with E-state index in [2.05, 4.69) is 37.6 Å². The highest BCUT2D eigenvalue weighted by atomic mass is 15.1. The minimum atomic E-state index is 0.792. The second-order valence-electron chi connectivity index (χ2n) is 5.42. The number of hydrogen-bond donors (Lipinski definition) is 1. The lowest BCUT2D eigenvalue weighted by Crippen LogP contribution is -2.33. The Bertz CT molecular complexity index is 217. The molecule has 0 heterocycles. The smallest absolute Gasteiger partial charge is 0.0202 e. The zero-order chi connectivity index (χ0) is 12.7. The van der Waals surface area contributed by atoms with Crippen LogP contribution >= 0.6 is 0 Å². The van der Waals surface area contributed by atoms with Gasteiger partial charge < -0.3 is 5.32 Å². The predicted molar refractivity (Wildman–Crippen MR) is 76.4 cm³/mol. The van der Waals surface area contributed by atoms with Crippen LogP contribution in [0.2, 0.25) is 0 Å². The summed E-state index contributed by atoms with van der Waals surface area (Å²) < 4.78 is 0. The Morgan fingerprint density at radius 2 is 1.94 bits per heavy atom. The molecule has 0 unspecified atom stereocenters. The van der Waals surface area contributed by atoms with E-state index < -0.39 is 0 Å². The van der Waals surface area contributed by atoms with Gasteiger partial charge in [-0.1, -0.05) is 40.2 Å². The van der Waals surface area contributed by atoms with Gasteiger partial charge in [-0.05, 0) is 30.9 Å². The minimum absolute atomic E-state index is 0.792. The van der Waals surface area contributed by atoms with Gasteiger partial charge in [-0.2, -0.15) is 0 Å². The van der Waals surface area contributed by atoms with Gasteiger partial charge in [-0.25, -0.2) is 0 Å². The Morgan fingerprint density at radius 1 is 1.29 bits per heavy atom. The zero-order valence-electron chi connectivity index (χ0n) is 12.0. The molecule has 0 amide bonds. The Morgan fingerprint density at radius 3 is 2.41 bits per heavy atom. The lowest BCUT2D eigenvalue weighted by molar-refractivity contribution is 0.249. The van der Waals surface area contributed by atoms with E-state index >= 15 is 0 Å². The molecule has 1 rings (SSSR count).